The van der Waals surface area contributed by atoms with Gasteiger partial charge in [0.1, 0.15) is 12.4 Å². The molecule has 0 aliphatic heterocycles. The highest BCUT2D eigenvalue weighted by Gasteiger charge is 2.34. The van der Waals surface area contributed by atoms with Crippen molar-refractivity contribution in [2.45, 2.75) is 38.1 Å². The fourth-order valence-electron chi connectivity index (χ4n) is 3.93. The van der Waals surface area contributed by atoms with Gasteiger partial charge in [0, 0.05) is 30.4 Å². The van der Waals surface area contributed by atoms with Gasteiger partial charge in [-0.15, -0.1) is 0 Å². The van der Waals surface area contributed by atoms with Crippen LogP contribution in [0.4, 0.5) is 13.2 Å². The molecule has 2 heterocycles. The molecule has 1 fully saturated rings. The van der Waals surface area contributed by atoms with E-state index >= 15 is 0 Å². The van der Waals surface area contributed by atoms with Crippen molar-refractivity contribution in [3.05, 3.63) is 107 Å². The van der Waals surface area contributed by atoms with Gasteiger partial charge < -0.3 is 10.1 Å². The Morgan fingerprint density at radius 3 is 2.53 bits per heavy atom. The Balaban J connectivity index is 1.26. The number of halogens is 3. The molecule has 2 aromatic heterocycles. The van der Waals surface area contributed by atoms with Crippen LogP contribution in [0.25, 0.3) is 5.69 Å². The monoisotopic (exact) mass is 492 g/mol. The number of amides is 1. The molecule has 0 saturated heterocycles. The Bertz CT molecular complexity index is 1350. The maximum atomic E-state index is 13.2. The second kappa shape index (κ2) is 9.85. The predicted octanol–water partition coefficient (Wildman–Crippen LogP) is 5.67. The summed E-state index contributed by atoms with van der Waals surface area (Å²) in [5.41, 5.74) is 2.40. The molecular formula is C27H23F3N4O2. The molecule has 1 saturated carbocycles. The Morgan fingerprint density at radius 1 is 1.03 bits per heavy atom. The van der Waals surface area contributed by atoms with Gasteiger partial charge in [0.2, 0.25) is 0 Å². The first-order valence-electron chi connectivity index (χ1n) is 11.5. The molecule has 9 heteroatoms. The van der Waals surface area contributed by atoms with Crippen molar-refractivity contribution < 1.29 is 22.7 Å². The van der Waals surface area contributed by atoms with Crippen LogP contribution in [0.15, 0.2) is 79.3 Å². The standard InChI is InChI=1S/C27H23F3N4O2/c28-27(29,30)21-4-1-5-22(13-21)34-25(20-8-9-20)24(16-33-34)26(35)32-15-18-6-10-23(11-7-18)36-17-19-3-2-12-31-14-19/h1-7,10-14,16,20H,8-9,15,17H2,(H,32,35). The third kappa shape index (κ3) is 5.40. The lowest BCUT2D eigenvalue weighted by atomic mass is 10.1. The molecule has 2 aromatic carbocycles. The summed E-state index contributed by atoms with van der Waals surface area (Å²) in [4.78, 5) is 17.1. The second-order valence-corrected chi connectivity index (χ2v) is 8.65. The van der Waals surface area contributed by atoms with Crippen molar-refractivity contribution in [2.24, 2.45) is 0 Å². The number of nitrogens with one attached hydrogen (secondary N) is 1. The van der Waals surface area contributed by atoms with Gasteiger partial charge in [-0.2, -0.15) is 18.3 Å². The lowest BCUT2D eigenvalue weighted by Crippen LogP contribution is -2.23. The van der Waals surface area contributed by atoms with E-state index in [1.165, 1.54) is 16.9 Å². The largest absolute Gasteiger partial charge is 0.489 e. The van der Waals surface area contributed by atoms with Crippen molar-refractivity contribution in [3.63, 3.8) is 0 Å². The minimum Gasteiger partial charge on any atom is -0.489 e. The van der Waals surface area contributed by atoms with Crippen LogP contribution in [0, 0.1) is 0 Å². The van der Waals surface area contributed by atoms with Crippen LogP contribution in [0.5, 0.6) is 5.75 Å². The highest BCUT2D eigenvalue weighted by atomic mass is 19.4. The van der Waals surface area contributed by atoms with Crippen molar-refractivity contribution in [1.29, 1.82) is 0 Å². The Hall–Kier alpha value is -4.14. The van der Waals surface area contributed by atoms with Gasteiger partial charge in [0.25, 0.3) is 5.91 Å². The summed E-state index contributed by atoms with van der Waals surface area (Å²) in [6.45, 7) is 0.699. The zero-order valence-corrected chi connectivity index (χ0v) is 19.2. The molecule has 1 aliphatic rings. The summed E-state index contributed by atoms with van der Waals surface area (Å²) in [7, 11) is 0. The van der Waals surface area contributed by atoms with Crippen LogP contribution < -0.4 is 10.1 Å². The molecule has 1 N–H and O–H groups in total. The van der Waals surface area contributed by atoms with E-state index in [4.69, 9.17) is 4.74 Å². The van der Waals surface area contributed by atoms with Gasteiger partial charge >= 0.3 is 6.18 Å². The number of hydrogen-bond acceptors (Lipinski definition) is 4. The summed E-state index contributed by atoms with van der Waals surface area (Å²) in [5.74, 6) is 0.485. The average molecular weight is 493 g/mol. The van der Waals surface area contributed by atoms with Crippen LogP contribution in [0.3, 0.4) is 0 Å². The van der Waals surface area contributed by atoms with Crippen molar-refractivity contribution in [3.8, 4) is 11.4 Å². The molecule has 5 rings (SSSR count). The number of aromatic nitrogens is 3. The fourth-order valence-corrected chi connectivity index (χ4v) is 3.93. The topological polar surface area (TPSA) is 69.0 Å². The number of carbonyl (C=O) groups is 1. The van der Waals surface area contributed by atoms with Gasteiger partial charge in [-0.05, 0) is 54.8 Å². The van der Waals surface area contributed by atoms with Gasteiger partial charge in [-0.25, -0.2) is 4.68 Å². The molecule has 6 nitrogen and oxygen atoms in total. The number of carbonyl (C=O) groups excluding carboxylic acids is 1. The number of pyridine rings is 1. The van der Waals surface area contributed by atoms with Crippen LogP contribution in [0.1, 0.15) is 51.5 Å². The summed E-state index contributed by atoms with van der Waals surface area (Å²) in [6, 6.07) is 16.2. The summed E-state index contributed by atoms with van der Waals surface area (Å²) in [6.07, 6.45) is 2.16. The van der Waals surface area contributed by atoms with Crippen molar-refractivity contribution in [2.75, 3.05) is 0 Å². The van der Waals surface area contributed by atoms with Gasteiger partial charge in [0.05, 0.1) is 28.7 Å². The number of benzene rings is 2. The number of rotatable bonds is 8. The first-order valence-corrected chi connectivity index (χ1v) is 11.5. The molecule has 0 bridgehead atoms. The van der Waals surface area contributed by atoms with Crippen LogP contribution in [-0.2, 0) is 19.3 Å². The zero-order chi connectivity index (χ0) is 25.1. The zero-order valence-electron chi connectivity index (χ0n) is 19.2. The average Bonchev–Trinajstić information content (AvgIpc) is 3.64. The molecule has 1 amide bonds. The van der Waals surface area contributed by atoms with E-state index in [0.717, 1.165) is 36.1 Å². The molecular weight excluding hydrogens is 469 g/mol. The number of nitrogens with zero attached hydrogens (tertiary/aromatic N) is 3. The van der Waals surface area contributed by atoms with E-state index in [1.54, 1.807) is 18.5 Å². The second-order valence-electron chi connectivity index (χ2n) is 8.65. The van der Waals surface area contributed by atoms with Crippen LogP contribution >= 0.6 is 0 Å². The molecule has 36 heavy (non-hydrogen) atoms. The van der Waals surface area contributed by atoms with E-state index in [2.05, 4.69) is 15.4 Å². The normalized spacial score (nSPS) is 13.4. The third-order valence-electron chi connectivity index (χ3n) is 5.94. The highest BCUT2D eigenvalue weighted by molar-refractivity contribution is 5.95. The molecule has 0 unspecified atom stereocenters. The van der Waals surface area contributed by atoms with Crippen molar-refractivity contribution in [1.82, 2.24) is 20.1 Å². The van der Waals surface area contributed by atoms with E-state index in [1.807, 2.05) is 36.4 Å². The fraction of sp³-hybridized carbons (Fsp3) is 0.222. The van der Waals surface area contributed by atoms with Crippen LogP contribution in [0.2, 0.25) is 0 Å². The van der Waals surface area contributed by atoms with E-state index < -0.39 is 11.7 Å². The molecule has 0 atom stereocenters. The van der Waals surface area contributed by atoms with Gasteiger partial charge in [-0.1, -0.05) is 24.3 Å². The maximum absolute atomic E-state index is 13.2. The molecule has 0 radical (unpaired) electrons. The van der Waals surface area contributed by atoms with Gasteiger partial charge in [0.15, 0.2) is 0 Å². The molecule has 0 spiro atoms. The highest BCUT2D eigenvalue weighted by Crippen LogP contribution is 2.43. The minimum atomic E-state index is -4.46. The lowest BCUT2D eigenvalue weighted by molar-refractivity contribution is -0.137. The summed E-state index contributed by atoms with van der Waals surface area (Å²) >= 11 is 0. The number of hydrogen-bond donors (Lipinski definition) is 1. The first kappa shape index (κ1) is 23.6. The molecule has 4 aromatic rings. The van der Waals surface area contributed by atoms with Gasteiger partial charge in [-0.3, -0.25) is 9.78 Å². The van der Waals surface area contributed by atoms with E-state index in [0.29, 0.717) is 30.2 Å². The Morgan fingerprint density at radius 2 is 1.83 bits per heavy atom. The SMILES string of the molecule is O=C(NCc1ccc(OCc2cccnc2)cc1)c1cnn(-c2cccc(C(F)(F)F)c2)c1C1CC1. The summed E-state index contributed by atoms with van der Waals surface area (Å²) < 4.78 is 46.8. The predicted molar refractivity (Wildman–Crippen MR) is 127 cm³/mol. The third-order valence-corrected chi connectivity index (χ3v) is 5.94. The molecule has 1 aliphatic carbocycles. The minimum absolute atomic E-state index is 0.0963. The first-order chi connectivity index (χ1) is 17.4. The van der Waals surface area contributed by atoms with E-state index in [9.17, 15) is 18.0 Å². The lowest BCUT2D eigenvalue weighted by Gasteiger charge is -2.12. The Labute approximate surface area is 205 Å². The Kier molecular flexibility index (Phi) is 6.45. The number of ether oxygens (including phenoxy) is 1. The van der Waals surface area contributed by atoms with E-state index in [-0.39, 0.29) is 17.5 Å². The summed E-state index contributed by atoms with van der Waals surface area (Å²) in [5, 5.41) is 7.17. The quantitative estimate of drug-likeness (QED) is 0.344. The molecule has 184 valence electrons. The van der Waals surface area contributed by atoms with Crippen LogP contribution in [-0.4, -0.2) is 20.7 Å². The maximum Gasteiger partial charge on any atom is 0.416 e. The smallest absolute Gasteiger partial charge is 0.416 e. The number of alkyl halides is 3. The van der Waals surface area contributed by atoms with Crippen molar-refractivity contribution >= 4 is 5.91 Å².